The Labute approximate surface area is 183 Å². The molecule has 2 aromatic rings. The molecule has 0 amide bonds. The summed E-state index contributed by atoms with van der Waals surface area (Å²) in [5, 5.41) is 2.23. The predicted octanol–water partition coefficient (Wildman–Crippen LogP) is -3.42. The van der Waals surface area contributed by atoms with E-state index in [2.05, 4.69) is 15.3 Å². The smallest absolute Gasteiger partial charge is 0.224 e. The largest absolute Gasteiger partial charge is 0.338 e. The Morgan fingerprint density at radius 2 is 1.46 bits per heavy atom. The topological polar surface area (TPSA) is 72.0 Å². The predicted molar refractivity (Wildman–Crippen MR) is 137 cm³/mol. The fourth-order valence-electron chi connectivity index (χ4n) is 3.52. The van der Waals surface area contributed by atoms with Gasteiger partial charge in [-0.15, -0.1) is 10.2 Å². The summed E-state index contributed by atoms with van der Waals surface area (Å²) < 4.78 is 26.9. The maximum absolute atomic E-state index is 14.0. The molecule has 2 rings (SSSR count). The summed E-state index contributed by atoms with van der Waals surface area (Å²) in [6.45, 7) is 0. The Morgan fingerprint density at radius 1 is 0.929 bits per heavy atom. The minimum Gasteiger partial charge on any atom is -0.338 e. The molecular formula is C13H20B7Cl2N3O2S. The van der Waals surface area contributed by atoms with Gasteiger partial charge < -0.3 is 5.32 Å². The Hall–Kier alpha value is -0.915. The Morgan fingerprint density at radius 3 is 2.00 bits per heavy atom. The lowest BCUT2D eigenvalue weighted by molar-refractivity contribution is 0.566. The van der Waals surface area contributed by atoms with Gasteiger partial charge in [-0.3, -0.25) is 0 Å². The number of nitrogens with one attached hydrogen (secondary N) is 1. The number of sulfone groups is 1. The molecule has 0 aliphatic heterocycles. The van der Waals surface area contributed by atoms with Crippen molar-refractivity contribution in [2.24, 2.45) is 0 Å². The van der Waals surface area contributed by atoms with E-state index in [1.807, 2.05) is 54.9 Å². The van der Waals surface area contributed by atoms with E-state index in [0.717, 1.165) is 0 Å². The molecule has 5 nitrogen and oxygen atoms in total. The van der Waals surface area contributed by atoms with Crippen molar-refractivity contribution in [2.75, 3.05) is 5.32 Å². The van der Waals surface area contributed by atoms with Gasteiger partial charge in [0.2, 0.25) is 5.28 Å². The summed E-state index contributed by atoms with van der Waals surface area (Å²) in [6, 6.07) is 6.75. The SMILES string of the molecule is BC(B)(B)C(B)(C(B)(B)B)S(=O)(=O)c1ccccc1Nc1nc(Cl)ncc1Cl. The molecule has 1 aromatic carbocycles. The number of nitrogens with zero attached hydrogens (tertiary/aromatic N) is 2. The van der Waals surface area contributed by atoms with E-state index in [9.17, 15) is 8.42 Å². The first-order valence-corrected chi connectivity index (χ1v) is 11.2. The van der Waals surface area contributed by atoms with Crippen LogP contribution in [0.2, 0.25) is 20.5 Å². The molecule has 0 atom stereocenters. The van der Waals surface area contributed by atoms with Gasteiger partial charge in [-0.05, 0) is 23.7 Å². The van der Waals surface area contributed by atoms with Crippen molar-refractivity contribution in [2.45, 2.75) is 19.8 Å². The monoisotopic (exact) mass is 429 g/mol. The fourth-order valence-corrected chi connectivity index (χ4v) is 6.51. The summed E-state index contributed by atoms with van der Waals surface area (Å²) >= 11 is 12.0. The second kappa shape index (κ2) is 7.73. The van der Waals surface area contributed by atoms with Crippen molar-refractivity contribution in [3.63, 3.8) is 0 Å². The summed E-state index contributed by atoms with van der Waals surface area (Å²) in [5.74, 6) is 0.248. The van der Waals surface area contributed by atoms with Crippen LogP contribution in [0.3, 0.4) is 0 Å². The van der Waals surface area contributed by atoms with Gasteiger partial charge in [0.15, 0.2) is 15.7 Å². The van der Waals surface area contributed by atoms with Gasteiger partial charge in [-0.25, -0.2) is 13.4 Å². The van der Waals surface area contributed by atoms with Gasteiger partial charge in [0.05, 0.1) is 63.9 Å². The van der Waals surface area contributed by atoms with Crippen LogP contribution in [-0.2, 0) is 9.84 Å². The van der Waals surface area contributed by atoms with E-state index >= 15 is 0 Å². The number of halogens is 2. The highest BCUT2D eigenvalue weighted by atomic mass is 35.5. The molecule has 0 radical (unpaired) electrons. The average Bonchev–Trinajstić information content (AvgIpc) is 2.55. The van der Waals surface area contributed by atoms with Crippen LogP contribution in [0.15, 0.2) is 35.4 Å². The lowest BCUT2D eigenvalue weighted by Crippen LogP contribution is -2.60. The van der Waals surface area contributed by atoms with Crippen LogP contribution in [0.25, 0.3) is 0 Å². The standard InChI is InChI=1S/C13H20B7Cl2N3O2S/c14-11(12(15,16)17,13(18,19)20)28(26,27)8-4-2-1-3-7(8)24-9-6(21)5-23-10(22)25-9/h1-5H,14-20H2,(H,23,24,25). The molecule has 0 unspecified atom stereocenters. The van der Waals surface area contributed by atoms with E-state index in [0.29, 0.717) is 5.69 Å². The summed E-state index contributed by atoms with van der Waals surface area (Å²) in [7, 11) is 9.75. The molecule has 1 heterocycles. The van der Waals surface area contributed by atoms with Crippen molar-refractivity contribution < 1.29 is 8.42 Å². The third-order valence-corrected chi connectivity index (χ3v) is 9.24. The van der Waals surface area contributed by atoms with Gasteiger partial charge in [-0.1, -0.05) is 23.7 Å². The van der Waals surface area contributed by atoms with Crippen LogP contribution in [0.4, 0.5) is 11.5 Å². The number of aromatic nitrogens is 2. The molecule has 0 saturated carbocycles. The maximum atomic E-state index is 14.0. The van der Waals surface area contributed by atoms with Crippen LogP contribution >= 0.6 is 23.2 Å². The van der Waals surface area contributed by atoms with E-state index in [1.54, 1.807) is 24.3 Å². The number of para-hydroxylation sites is 1. The molecule has 1 N–H and O–H groups in total. The zero-order chi connectivity index (χ0) is 21.5. The Bertz CT molecular complexity index is 982. The van der Waals surface area contributed by atoms with E-state index in [-0.39, 0.29) is 21.0 Å². The van der Waals surface area contributed by atoms with Crippen LogP contribution < -0.4 is 5.32 Å². The molecule has 1 aromatic heterocycles. The second-order valence-corrected chi connectivity index (χ2v) is 12.0. The lowest BCUT2D eigenvalue weighted by Gasteiger charge is -2.52. The van der Waals surface area contributed by atoms with Crippen molar-refractivity contribution in [1.29, 1.82) is 0 Å². The fraction of sp³-hybridized carbons (Fsp3) is 0.231. The number of hydrogen-bond acceptors (Lipinski definition) is 5. The van der Waals surface area contributed by atoms with Crippen molar-refractivity contribution in [3.05, 3.63) is 40.8 Å². The summed E-state index contributed by atoms with van der Waals surface area (Å²) in [5.41, 5.74) is 0.388. The number of anilines is 2. The number of hydrogen-bond donors (Lipinski definition) is 1. The summed E-state index contributed by atoms with van der Waals surface area (Å²) in [6.07, 6.45) is 1.37. The number of benzene rings is 1. The molecule has 15 heteroatoms. The van der Waals surface area contributed by atoms with Gasteiger partial charge in [0.25, 0.3) is 0 Å². The van der Waals surface area contributed by atoms with Crippen LogP contribution in [0.5, 0.6) is 0 Å². The van der Waals surface area contributed by atoms with Crippen molar-refractivity contribution in [1.82, 2.24) is 9.97 Å². The number of rotatable bonds is 6. The molecule has 0 saturated heterocycles. The molecule has 0 bridgehead atoms. The highest BCUT2D eigenvalue weighted by Gasteiger charge is 2.55. The molecule has 0 aliphatic rings. The first-order valence-electron chi connectivity index (χ1n) is 8.91. The highest BCUT2D eigenvalue weighted by Crippen LogP contribution is 2.50. The first-order chi connectivity index (χ1) is 12.6. The third-order valence-electron chi connectivity index (χ3n) is 5.54. The first kappa shape index (κ1) is 23.4. The maximum Gasteiger partial charge on any atom is 0.224 e. The minimum atomic E-state index is -3.77. The second-order valence-electron chi connectivity index (χ2n) is 8.99. The highest BCUT2D eigenvalue weighted by molar-refractivity contribution is 7.95. The summed E-state index contributed by atoms with van der Waals surface area (Å²) in [4.78, 5) is 8.08. The van der Waals surface area contributed by atoms with Gasteiger partial charge >= 0.3 is 0 Å². The third kappa shape index (κ3) is 4.03. The van der Waals surface area contributed by atoms with Crippen molar-refractivity contribution >= 4 is 99.5 Å². The average molecular weight is 429 g/mol. The Kier molecular flexibility index (Phi) is 6.45. The zero-order valence-corrected chi connectivity index (χ0v) is 19.6. The minimum absolute atomic E-state index is 0.0152. The molecule has 0 spiro atoms. The van der Waals surface area contributed by atoms with E-state index < -0.39 is 24.7 Å². The van der Waals surface area contributed by atoms with E-state index in [4.69, 9.17) is 23.2 Å². The lowest BCUT2D eigenvalue weighted by atomic mass is 9.21. The zero-order valence-electron chi connectivity index (χ0n) is 17.3. The molecule has 28 heavy (non-hydrogen) atoms. The van der Waals surface area contributed by atoms with Gasteiger partial charge in [-0.2, -0.15) is 4.98 Å². The molecule has 140 valence electrons. The Balaban J connectivity index is 2.70. The van der Waals surface area contributed by atoms with Gasteiger partial charge in [0, 0.05) is 4.65 Å². The quantitative estimate of drug-likeness (QED) is 0.383. The van der Waals surface area contributed by atoms with Crippen LogP contribution in [0.1, 0.15) is 0 Å². The molecule has 0 fully saturated rings. The van der Waals surface area contributed by atoms with E-state index in [1.165, 1.54) is 6.20 Å². The van der Waals surface area contributed by atoms with Crippen molar-refractivity contribution in [3.8, 4) is 0 Å². The van der Waals surface area contributed by atoms with Crippen LogP contribution in [0, 0.1) is 0 Å². The molecule has 0 aliphatic carbocycles. The van der Waals surface area contributed by atoms with Gasteiger partial charge in [0.1, 0.15) is 12.9 Å². The molecular weight excluding hydrogens is 409 g/mol. The normalized spacial score (nSPS) is 13.2. The van der Waals surface area contributed by atoms with Crippen LogP contribution in [-0.4, -0.2) is 78.0 Å².